The van der Waals surface area contributed by atoms with Crippen LogP contribution in [0.1, 0.15) is 284 Å². The Kier molecular flexibility index (Phi) is 44.8. The molecule has 0 aliphatic rings. The molecule has 332 valence electrons. The summed E-state index contributed by atoms with van der Waals surface area (Å²) >= 11 is 0. The van der Waals surface area contributed by atoms with E-state index in [0.717, 1.165) is 57.8 Å². The first-order chi connectivity index (χ1) is 27.5. The minimum Gasteiger partial charge on any atom is -0.462 e. The molecule has 0 N–H and O–H groups in total. The number of hydrogen-bond donors (Lipinski definition) is 0. The molecule has 0 aromatic heterocycles. The molecule has 56 heavy (non-hydrogen) atoms. The Morgan fingerprint density at radius 2 is 0.482 bits per heavy atom. The van der Waals surface area contributed by atoms with Crippen LogP contribution in [-0.2, 0) is 28.6 Å². The molecule has 0 aliphatic heterocycles. The molecule has 0 spiro atoms. The van der Waals surface area contributed by atoms with Crippen molar-refractivity contribution in [3.8, 4) is 0 Å². The minimum atomic E-state index is -0.758. The summed E-state index contributed by atoms with van der Waals surface area (Å²) < 4.78 is 16.7. The highest BCUT2D eigenvalue weighted by Crippen LogP contribution is 2.17. The zero-order chi connectivity index (χ0) is 40.8. The molecule has 0 fully saturated rings. The molecule has 0 rings (SSSR count). The van der Waals surface area contributed by atoms with Crippen molar-refractivity contribution >= 4 is 17.9 Å². The fraction of sp³-hybridized carbons (Fsp3) is 0.940. The number of rotatable bonds is 46. The van der Waals surface area contributed by atoms with Crippen LogP contribution in [0.4, 0.5) is 0 Å². The Balaban J connectivity index is 4.16. The molecular formula is C50H96O6. The van der Waals surface area contributed by atoms with Gasteiger partial charge in [0, 0.05) is 19.3 Å². The van der Waals surface area contributed by atoms with Gasteiger partial charge in [-0.2, -0.15) is 0 Å². The number of esters is 3. The highest BCUT2D eigenvalue weighted by molar-refractivity contribution is 5.71. The molecule has 0 saturated heterocycles. The second kappa shape index (κ2) is 46.1. The van der Waals surface area contributed by atoms with Crippen molar-refractivity contribution in [2.75, 3.05) is 13.2 Å². The van der Waals surface area contributed by atoms with Gasteiger partial charge in [0.05, 0.1) is 0 Å². The van der Waals surface area contributed by atoms with Crippen LogP contribution >= 0.6 is 0 Å². The number of hydrogen-bond acceptors (Lipinski definition) is 6. The predicted molar refractivity (Wildman–Crippen MR) is 238 cm³/mol. The normalized spacial score (nSPS) is 11.8. The summed E-state index contributed by atoms with van der Waals surface area (Å²) in [5.41, 5.74) is 0. The standard InChI is InChI=1S/C50H96O6/c1-4-7-10-13-16-18-20-22-24-25-27-28-30-32-34-37-40-43-49(52)55-46-47(45-54-48(51)42-39-36-15-12-9-6-3)56-50(53)44-41-38-35-33-31-29-26-23-21-19-17-14-11-8-5-2/h47H,4-46H2,1-3H3. The third kappa shape index (κ3) is 43.5. The van der Waals surface area contributed by atoms with E-state index >= 15 is 0 Å². The van der Waals surface area contributed by atoms with Gasteiger partial charge in [-0.25, -0.2) is 0 Å². The third-order valence-corrected chi connectivity index (χ3v) is 11.4. The summed E-state index contributed by atoms with van der Waals surface area (Å²) in [6.45, 7) is 6.62. The van der Waals surface area contributed by atoms with E-state index in [1.807, 2.05) is 0 Å². The van der Waals surface area contributed by atoms with Crippen LogP contribution in [0.25, 0.3) is 0 Å². The first kappa shape index (κ1) is 54.4. The van der Waals surface area contributed by atoms with E-state index in [2.05, 4.69) is 20.8 Å². The Morgan fingerprint density at radius 1 is 0.286 bits per heavy atom. The maximum Gasteiger partial charge on any atom is 0.306 e. The van der Waals surface area contributed by atoms with E-state index in [-0.39, 0.29) is 31.1 Å². The van der Waals surface area contributed by atoms with Crippen molar-refractivity contribution in [3.63, 3.8) is 0 Å². The first-order valence-electron chi connectivity index (χ1n) is 25.0. The monoisotopic (exact) mass is 793 g/mol. The molecular weight excluding hydrogens is 697 g/mol. The molecule has 0 aliphatic carbocycles. The topological polar surface area (TPSA) is 78.9 Å². The lowest BCUT2D eigenvalue weighted by Crippen LogP contribution is -2.30. The van der Waals surface area contributed by atoms with Crippen LogP contribution in [0.5, 0.6) is 0 Å². The van der Waals surface area contributed by atoms with Crippen molar-refractivity contribution in [1.29, 1.82) is 0 Å². The number of unbranched alkanes of at least 4 members (excludes halogenated alkanes) is 35. The lowest BCUT2D eigenvalue weighted by molar-refractivity contribution is -0.167. The molecule has 0 aromatic carbocycles. The van der Waals surface area contributed by atoms with E-state index in [9.17, 15) is 14.4 Å². The van der Waals surface area contributed by atoms with Gasteiger partial charge in [0.15, 0.2) is 6.10 Å². The van der Waals surface area contributed by atoms with Crippen LogP contribution in [0.2, 0.25) is 0 Å². The molecule has 1 atom stereocenters. The first-order valence-corrected chi connectivity index (χ1v) is 25.0. The Hall–Kier alpha value is -1.59. The molecule has 0 amide bonds. The molecule has 0 radical (unpaired) electrons. The lowest BCUT2D eigenvalue weighted by Gasteiger charge is -2.18. The zero-order valence-corrected chi connectivity index (χ0v) is 37.9. The van der Waals surface area contributed by atoms with Gasteiger partial charge < -0.3 is 14.2 Å². The number of carbonyl (C=O) groups is 3. The predicted octanol–water partition coefficient (Wildman–Crippen LogP) is 16.0. The fourth-order valence-corrected chi connectivity index (χ4v) is 7.56. The number of ether oxygens (including phenoxy) is 3. The molecule has 0 heterocycles. The summed E-state index contributed by atoms with van der Waals surface area (Å²) in [5, 5.41) is 0. The molecule has 0 bridgehead atoms. The van der Waals surface area contributed by atoms with Crippen molar-refractivity contribution in [2.45, 2.75) is 290 Å². The van der Waals surface area contributed by atoms with Gasteiger partial charge in [0.2, 0.25) is 0 Å². The van der Waals surface area contributed by atoms with Crippen LogP contribution in [-0.4, -0.2) is 37.2 Å². The Morgan fingerprint density at radius 3 is 0.714 bits per heavy atom. The van der Waals surface area contributed by atoms with Gasteiger partial charge in [-0.15, -0.1) is 0 Å². The van der Waals surface area contributed by atoms with Gasteiger partial charge in [-0.05, 0) is 19.3 Å². The lowest BCUT2D eigenvalue weighted by atomic mass is 10.0. The smallest absolute Gasteiger partial charge is 0.306 e. The maximum atomic E-state index is 12.7. The molecule has 0 saturated carbocycles. The summed E-state index contributed by atoms with van der Waals surface area (Å²) in [5.74, 6) is -0.854. The van der Waals surface area contributed by atoms with E-state index in [4.69, 9.17) is 14.2 Å². The zero-order valence-electron chi connectivity index (χ0n) is 37.9. The largest absolute Gasteiger partial charge is 0.462 e. The molecule has 6 nitrogen and oxygen atoms in total. The van der Waals surface area contributed by atoms with Crippen LogP contribution in [0.15, 0.2) is 0 Å². The minimum absolute atomic E-state index is 0.0628. The van der Waals surface area contributed by atoms with E-state index in [1.54, 1.807) is 0 Å². The van der Waals surface area contributed by atoms with Crippen LogP contribution < -0.4 is 0 Å². The third-order valence-electron chi connectivity index (χ3n) is 11.4. The van der Waals surface area contributed by atoms with Crippen molar-refractivity contribution in [1.82, 2.24) is 0 Å². The van der Waals surface area contributed by atoms with Crippen molar-refractivity contribution < 1.29 is 28.6 Å². The molecule has 0 aromatic rings. The number of carbonyl (C=O) groups excluding carboxylic acids is 3. The fourth-order valence-electron chi connectivity index (χ4n) is 7.56. The van der Waals surface area contributed by atoms with Crippen LogP contribution in [0, 0.1) is 0 Å². The average Bonchev–Trinajstić information content (AvgIpc) is 3.19. The average molecular weight is 793 g/mol. The van der Waals surface area contributed by atoms with Gasteiger partial charge in [0.25, 0.3) is 0 Å². The van der Waals surface area contributed by atoms with E-state index in [1.165, 1.54) is 186 Å². The van der Waals surface area contributed by atoms with E-state index < -0.39 is 6.10 Å². The quantitative estimate of drug-likeness (QED) is 0.0347. The summed E-state index contributed by atoms with van der Waals surface area (Å²) in [7, 11) is 0. The van der Waals surface area contributed by atoms with Crippen molar-refractivity contribution in [3.05, 3.63) is 0 Å². The summed E-state index contributed by atoms with van der Waals surface area (Å²) in [6.07, 6.45) is 48.2. The Bertz CT molecular complexity index is 828. The van der Waals surface area contributed by atoms with Gasteiger partial charge >= 0.3 is 17.9 Å². The van der Waals surface area contributed by atoms with Gasteiger partial charge in [-0.3, -0.25) is 14.4 Å². The highest BCUT2D eigenvalue weighted by Gasteiger charge is 2.19. The van der Waals surface area contributed by atoms with Crippen LogP contribution in [0.3, 0.4) is 0 Å². The summed E-state index contributed by atoms with van der Waals surface area (Å²) in [6, 6.07) is 0. The summed E-state index contributed by atoms with van der Waals surface area (Å²) in [4.78, 5) is 37.7. The SMILES string of the molecule is CCCCCCCCCCCCCCCCCCCC(=O)OCC(COC(=O)CCCCCCCC)OC(=O)CCCCCCCCCCCCCCCCC. The van der Waals surface area contributed by atoms with Gasteiger partial charge in [0.1, 0.15) is 13.2 Å². The van der Waals surface area contributed by atoms with Gasteiger partial charge in [-0.1, -0.05) is 245 Å². The molecule has 6 heteroatoms. The maximum absolute atomic E-state index is 12.7. The second-order valence-corrected chi connectivity index (χ2v) is 17.1. The Labute approximate surface area is 348 Å². The van der Waals surface area contributed by atoms with Crippen molar-refractivity contribution in [2.24, 2.45) is 0 Å². The highest BCUT2D eigenvalue weighted by atomic mass is 16.6. The van der Waals surface area contributed by atoms with E-state index in [0.29, 0.717) is 19.3 Å². The molecule has 1 unspecified atom stereocenters. The second-order valence-electron chi connectivity index (χ2n) is 17.1.